The Kier molecular flexibility index (Phi) is 3.89. The van der Waals surface area contributed by atoms with Gasteiger partial charge in [0.15, 0.2) is 6.61 Å². The predicted octanol–water partition coefficient (Wildman–Crippen LogP) is 1.20. The second kappa shape index (κ2) is 5.81. The van der Waals surface area contributed by atoms with Crippen molar-refractivity contribution in [1.82, 2.24) is 10.2 Å². The van der Waals surface area contributed by atoms with E-state index in [-0.39, 0.29) is 12.5 Å². The number of hydrogen-bond acceptors (Lipinski definition) is 4. The lowest BCUT2D eigenvalue weighted by Crippen LogP contribution is -2.43. The van der Waals surface area contributed by atoms with Crippen molar-refractivity contribution in [2.24, 2.45) is 0 Å². The second-order valence-corrected chi connectivity index (χ2v) is 5.65. The number of rotatable bonds is 3. The first-order valence-electron chi connectivity index (χ1n) is 7.18. The Bertz CT molecular complexity index is 504. The molecule has 5 nitrogen and oxygen atoms in total. The molecule has 0 radical (unpaired) electrons. The minimum absolute atomic E-state index is 0.0866. The maximum Gasteiger partial charge on any atom is 0.262 e. The largest absolute Gasteiger partial charge is 0.482 e. The van der Waals surface area contributed by atoms with Crippen LogP contribution < -0.4 is 15.4 Å². The minimum Gasteiger partial charge on any atom is -0.482 e. The van der Waals surface area contributed by atoms with Gasteiger partial charge in [0.05, 0.1) is 5.69 Å². The highest BCUT2D eigenvalue weighted by molar-refractivity contribution is 5.95. The number of amides is 1. The number of likely N-dealkylation sites (N-methyl/N-ethyl adjacent to an activating group) is 1. The molecule has 0 aromatic heterocycles. The van der Waals surface area contributed by atoms with Crippen LogP contribution in [0.5, 0.6) is 5.75 Å². The molecule has 5 heteroatoms. The highest BCUT2D eigenvalue weighted by Crippen LogP contribution is 2.28. The van der Waals surface area contributed by atoms with E-state index in [0.717, 1.165) is 24.5 Å². The van der Waals surface area contributed by atoms with Gasteiger partial charge in [0, 0.05) is 19.1 Å². The minimum atomic E-state index is -0.0866. The molecule has 2 aliphatic rings. The van der Waals surface area contributed by atoms with Crippen LogP contribution >= 0.6 is 0 Å². The average Bonchev–Trinajstić information content (AvgIpc) is 2.45. The number of hydrogen-bond donors (Lipinski definition) is 2. The highest BCUT2D eigenvalue weighted by Gasteiger charge is 2.18. The molecule has 0 saturated carbocycles. The van der Waals surface area contributed by atoms with Crippen LogP contribution in [-0.4, -0.2) is 43.6 Å². The maximum atomic E-state index is 11.3. The van der Waals surface area contributed by atoms with Crippen LogP contribution in [0.15, 0.2) is 18.2 Å². The monoisotopic (exact) mass is 275 g/mol. The number of likely N-dealkylation sites (tertiary alicyclic amines) is 1. The smallest absolute Gasteiger partial charge is 0.262 e. The van der Waals surface area contributed by atoms with Crippen molar-refractivity contribution in [3.05, 3.63) is 23.8 Å². The van der Waals surface area contributed by atoms with E-state index >= 15 is 0 Å². The Hall–Kier alpha value is -1.59. The third-order valence-corrected chi connectivity index (χ3v) is 3.90. The zero-order valence-corrected chi connectivity index (χ0v) is 11.8. The molecule has 1 unspecified atom stereocenters. The summed E-state index contributed by atoms with van der Waals surface area (Å²) in [5.41, 5.74) is 1.95. The summed E-state index contributed by atoms with van der Waals surface area (Å²) in [6.45, 7) is 3.23. The molecule has 1 fully saturated rings. The second-order valence-electron chi connectivity index (χ2n) is 5.65. The molecule has 2 N–H and O–H groups in total. The molecule has 1 aromatic rings. The Balaban J connectivity index is 1.60. The topological polar surface area (TPSA) is 53.6 Å². The van der Waals surface area contributed by atoms with E-state index in [0.29, 0.717) is 6.04 Å². The number of carbonyl (C=O) groups is 1. The van der Waals surface area contributed by atoms with Gasteiger partial charge in [-0.05, 0) is 44.1 Å². The van der Waals surface area contributed by atoms with Gasteiger partial charge in [0.25, 0.3) is 5.91 Å². The number of piperidine rings is 1. The lowest BCUT2D eigenvalue weighted by atomic mass is 10.1. The van der Waals surface area contributed by atoms with Crippen molar-refractivity contribution in [3.63, 3.8) is 0 Å². The zero-order valence-electron chi connectivity index (χ0n) is 11.8. The summed E-state index contributed by atoms with van der Waals surface area (Å²) in [5, 5.41) is 6.44. The molecule has 1 atom stereocenters. The fourth-order valence-corrected chi connectivity index (χ4v) is 2.84. The van der Waals surface area contributed by atoms with Gasteiger partial charge in [-0.3, -0.25) is 4.79 Å². The molecule has 1 saturated heterocycles. The van der Waals surface area contributed by atoms with E-state index in [2.05, 4.69) is 28.6 Å². The van der Waals surface area contributed by atoms with Crippen molar-refractivity contribution in [2.75, 3.05) is 32.1 Å². The van der Waals surface area contributed by atoms with E-state index in [1.54, 1.807) is 0 Å². The molecular weight excluding hydrogens is 254 g/mol. The van der Waals surface area contributed by atoms with Gasteiger partial charge >= 0.3 is 0 Å². The van der Waals surface area contributed by atoms with E-state index < -0.39 is 0 Å². The Labute approximate surface area is 119 Å². The van der Waals surface area contributed by atoms with Crippen molar-refractivity contribution >= 4 is 11.6 Å². The van der Waals surface area contributed by atoms with Crippen molar-refractivity contribution in [1.29, 1.82) is 0 Å². The SMILES string of the molecule is CN1CCCC(NCc2ccc3c(c2)NC(=O)CO3)C1. The van der Waals surface area contributed by atoms with Gasteiger partial charge in [0.1, 0.15) is 5.75 Å². The molecule has 0 aliphatic carbocycles. The summed E-state index contributed by atoms with van der Waals surface area (Å²) >= 11 is 0. The van der Waals surface area contributed by atoms with Crippen LogP contribution in [0, 0.1) is 0 Å². The zero-order chi connectivity index (χ0) is 13.9. The lowest BCUT2D eigenvalue weighted by Gasteiger charge is -2.30. The van der Waals surface area contributed by atoms with Crippen LogP contribution in [0.4, 0.5) is 5.69 Å². The van der Waals surface area contributed by atoms with Gasteiger partial charge in [0.2, 0.25) is 0 Å². The van der Waals surface area contributed by atoms with Gasteiger partial charge < -0.3 is 20.3 Å². The Morgan fingerprint density at radius 2 is 2.40 bits per heavy atom. The normalized spacial score (nSPS) is 22.9. The molecular formula is C15H21N3O2. The highest BCUT2D eigenvalue weighted by atomic mass is 16.5. The molecule has 2 heterocycles. The van der Waals surface area contributed by atoms with Gasteiger partial charge in [-0.25, -0.2) is 0 Å². The first kappa shape index (κ1) is 13.4. The molecule has 108 valence electrons. The van der Waals surface area contributed by atoms with Crippen LogP contribution in [0.1, 0.15) is 18.4 Å². The van der Waals surface area contributed by atoms with Crippen LogP contribution in [0.2, 0.25) is 0 Å². The molecule has 1 aromatic carbocycles. The summed E-state index contributed by atoms with van der Waals surface area (Å²) in [4.78, 5) is 13.7. The number of benzene rings is 1. The summed E-state index contributed by atoms with van der Waals surface area (Å²) < 4.78 is 5.36. The summed E-state index contributed by atoms with van der Waals surface area (Å²) in [6.07, 6.45) is 2.48. The molecule has 3 rings (SSSR count). The van der Waals surface area contributed by atoms with Gasteiger partial charge in [-0.2, -0.15) is 0 Å². The molecule has 20 heavy (non-hydrogen) atoms. The van der Waals surface area contributed by atoms with Crippen molar-refractivity contribution in [2.45, 2.75) is 25.4 Å². The number of fused-ring (bicyclic) bond motifs is 1. The quantitative estimate of drug-likeness (QED) is 0.870. The van der Waals surface area contributed by atoms with Crippen LogP contribution in [0.3, 0.4) is 0 Å². The first-order valence-corrected chi connectivity index (χ1v) is 7.18. The maximum absolute atomic E-state index is 11.3. The van der Waals surface area contributed by atoms with Gasteiger partial charge in [-0.1, -0.05) is 6.07 Å². The summed E-state index contributed by atoms with van der Waals surface area (Å²) in [6, 6.07) is 6.52. The van der Waals surface area contributed by atoms with Gasteiger partial charge in [-0.15, -0.1) is 0 Å². The molecule has 0 spiro atoms. The molecule has 2 aliphatic heterocycles. The third-order valence-electron chi connectivity index (χ3n) is 3.90. The van der Waals surface area contributed by atoms with Crippen molar-refractivity contribution in [3.8, 4) is 5.75 Å². The molecule has 0 bridgehead atoms. The summed E-state index contributed by atoms with van der Waals surface area (Å²) in [7, 11) is 2.17. The van der Waals surface area contributed by atoms with Crippen molar-refractivity contribution < 1.29 is 9.53 Å². The summed E-state index contributed by atoms with van der Waals surface area (Å²) in [5.74, 6) is 0.669. The van der Waals surface area contributed by atoms with E-state index in [9.17, 15) is 4.79 Å². The number of nitrogens with zero attached hydrogens (tertiary/aromatic N) is 1. The average molecular weight is 275 g/mol. The first-order chi connectivity index (χ1) is 9.70. The van der Waals surface area contributed by atoms with E-state index in [4.69, 9.17) is 4.74 Å². The van der Waals surface area contributed by atoms with Crippen LogP contribution in [0.25, 0.3) is 0 Å². The van der Waals surface area contributed by atoms with E-state index in [1.807, 2.05) is 12.1 Å². The number of nitrogens with one attached hydrogen (secondary N) is 2. The molecule has 1 amide bonds. The fourth-order valence-electron chi connectivity index (χ4n) is 2.84. The predicted molar refractivity (Wildman–Crippen MR) is 77.9 cm³/mol. The lowest BCUT2D eigenvalue weighted by molar-refractivity contribution is -0.118. The van der Waals surface area contributed by atoms with E-state index in [1.165, 1.54) is 24.9 Å². The Morgan fingerprint density at radius 1 is 1.50 bits per heavy atom. The number of ether oxygens (including phenoxy) is 1. The standard InChI is InChI=1S/C15H21N3O2/c1-18-6-2-3-12(9-18)16-8-11-4-5-14-13(7-11)17-15(19)10-20-14/h4-5,7,12,16H,2-3,6,8-10H2,1H3,(H,17,19). The third kappa shape index (κ3) is 3.11. The fraction of sp³-hybridized carbons (Fsp3) is 0.533. The number of carbonyl (C=O) groups excluding carboxylic acids is 1. The number of anilines is 1. The Morgan fingerprint density at radius 3 is 3.25 bits per heavy atom. The van der Waals surface area contributed by atoms with Crippen LogP contribution in [-0.2, 0) is 11.3 Å².